The number of rotatable bonds is 12. The summed E-state index contributed by atoms with van der Waals surface area (Å²) >= 11 is 0. The quantitative estimate of drug-likeness (QED) is 0.312. The highest BCUT2D eigenvalue weighted by atomic mass is 16.4. The predicted octanol–water partition coefficient (Wildman–Crippen LogP) is 3.43. The largest absolute Gasteiger partial charge is 0.481 e. The number of carboxylic acid groups (broad SMARTS) is 1. The SMILES string of the molecule is CCCCC[C@](C)(O)C=C[C@@H]1[C@H](CC=CCCCC(=O)O)[C@@H](O)C[C@H]1O. The van der Waals surface area contributed by atoms with Crippen molar-refractivity contribution in [3.63, 3.8) is 0 Å². The third-order valence-corrected chi connectivity index (χ3v) is 5.22. The molecule has 4 N–H and O–H groups in total. The summed E-state index contributed by atoms with van der Waals surface area (Å²) in [5.41, 5.74) is -0.889. The zero-order valence-corrected chi connectivity index (χ0v) is 16.2. The Morgan fingerprint density at radius 1 is 1.15 bits per heavy atom. The number of unbranched alkanes of at least 4 members (excludes halogenated alkanes) is 3. The number of hydrogen-bond acceptors (Lipinski definition) is 4. The molecule has 1 aliphatic carbocycles. The van der Waals surface area contributed by atoms with Crippen molar-refractivity contribution < 1.29 is 25.2 Å². The Morgan fingerprint density at radius 3 is 2.54 bits per heavy atom. The Morgan fingerprint density at radius 2 is 1.88 bits per heavy atom. The highest BCUT2D eigenvalue weighted by molar-refractivity contribution is 5.66. The maximum Gasteiger partial charge on any atom is 0.303 e. The van der Waals surface area contributed by atoms with Crippen molar-refractivity contribution in [3.05, 3.63) is 24.3 Å². The average Bonchev–Trinajstić information content (AvgIpc) is 2.82. The number of aliphatic hydroxyl groups excluding tert-OH is 2. The van der Waals surface area contributed by atoms with E-state index in [1.165, 1.54) is 0 Å². The fourth-order valence-corrected chi connectivity index (χ4v) is 3.58. The molecule has 0 aromatic rings. The Hall–Kier alpha value is -1.17. The molecule has 0 aliphatic heterocycles. The van der Waals surface area contributed by atoms with E-state index >= 15 is 0 Å². The van der Waals surface area contributed by atoms with Gasteiger partial charge >= 0.3 is 5.97 Å². The van der Waals surface area contributed by atoms with Gasteiger partial charge in [0.2, 0.25) is 0 Å². The van der Waals surface area contributed by atoms with Crippen LogP contribution in [0.5, 0.6) is 0 Å². The van der Waals surface area contributed by atoms with Crippen LogP contribution < -0.4 is 0 Å². The number of carbonyl (C=O) groups is 1. The summed E-state index contributed by atoms with van der Waals surface area (Å²) in [5.74, 6) is -1.04. The molecule has 150 valence electrons. The number of hydrogen-bond donors (Lipinski definition) is 4. The van der Waals surface area contributed by atoms with Gasteiger partial charge in [-0.15, -0.1) is 0 Å². The van der Waals surface area contributed by atoms with Crippen molar-refractivity contribution >= 4 is 5.97 Å². The van der Waals surface area contributed by atoms with Crippen molar-refractivity contribution in [1.29, 1.82) is 0 Å². The summed E-state index contributed by atoms with van der Waals surface area (Å²) in [5, 5.41) is 39.6. The molecule has 0 heterocycles. The van der Waals surface area contributed by atoms with Crippen LogP contribution in [-0.2, 0) is 4.79 Å². The topological polar surface area (TPSA) is 98.0 Å². The normalized spacial score (nSPS) is 28.8. The molecule has 0 radical (unpaired) electrons. The second-order valence-electron chi connectivity index (χ2n) is 7.78. The monoisotopic (exact) mass is 368 g/mol. The lowest BCUT2D eigenvalue weighted by atomic mass is 9.88. The van der Waals surface area contributed by atoms with Crippen molar-refractivity contribution in [3.8, 4) is 0 Å². The molecule has 0 spiro atoms. The molecule has 0 saturated heterocycles. The van der Waals surface area contributed by atoms with Gasteiger partial charge in [0, 0.05) is 18.8 Å². The van der Waals surface area contributed by atoms with E-state index in [0.29, 0.717) is 32.1 Å². The second-order valence-corrected chi connectivity index (χ2v) is 7.78. The molecule has 1 aliphatic rings. The van der Waals surface area contributed by atoms with Crippen molar-refractivity contribution in [1.82, 2.24) is 0 Å². The fourth-order valence-electron chi connectivity index (χ4n) is 3.58. The summed E-state index contributed by atoms with van der Waals surface area (Å²) in [4.78, 5) is 10.5. The van der Waals surface area contributed by atoms with E-state index in [1.54, 1.807) is 13.0 Å². The first-order valence-electron chi connectivity index (χ1n) is 9.91. The highest BCUT2D eigenvalue weighted by Crippen LogP contribution is 2.37. The van der Waals surface area contributed by atoms with Crippen LogP contribution in [0.3, 0.4) is 0 Å². The third kappa shape index (κ3) is 8.47. The van der Waals surface area contributed by atoms with E-state index in [-0.39, 0.29) is 18.3 Å². The zero-order chi connectivity index (χ0) is 19.6. The third-order valence-electron chi connectivity index (χ3n) is 5.22. The Bertz CT molecular complexity index is 469. The first kappa shape index (κ1) is 22.9. The lowest BCUT2D eigenvalue weighted by Gasteiger charge is -2.23. The van der Waals surface area contributed by atoms with Crippen molar-refractivity contribution in [2.75, 3.05) is 0 Å². The van der Waals surface area contributed by atoms with Gasteiger partial charge in [0.1, 0.15) is 0 Å². The second kappa shape index (κ2) is 11.5. The molecule has 0 aromatic carbocycles. The summed E-state index contributed by atoms with van der Waals surface area (Å²) in [7, 11) is 0. The van der Waals surface area contributed by atoms with Crippen LogP contribution >= 0.6 is 0 Å². The Kier molecular flexibility index (Phi) is 10.1. The molecule has 5 atom stereocenters. The summed E-state index contributed by atoms with van der Waals surface area (Å²) in [6.45, 7) is 3.91. The first-order valence-corrected chi connectivity index (χ1v) is 9.91. The molecule has 1 fully saturated rings. The highest BCUT2D eigenvalue weighted by Gasteiger charge is 2.39. The van der Waals surface area contributed by atoms with E-state index in [4.69, 9.17) is 5.11 Å². The Balaban J connectivity index is 2.56. The van der Waals surface area contributed by atoms with Gasteiger partial charge in [-0.25, -0.2) is 0 Å². The molecular weight excluding hydrogens is 332 g/mol. The molecule has 0 amide bonds. The smallest absolute Gasteiger partial charge is 0.303 e. The van der Waals surface area contributed by atoms with Gasteiger partial charge in [0.15, 0.2) is 0 Å². The molecule has 1 saturated carbocycles. The maximum atomic E-state index is 10.5. The van der Waals surface area contributed by atoms with Crippen LogP contribution in [0.25, 0.3) is 0 Å². The average molecular weight is 369 g/mol. The Labute approximate surface area is 157 Å². The van der Waals surface area contributed by atoms with Crippen LogP contribution in [-0.4, -0.2) is 44.2 Å². The standard InChI is InChI=1S/C21H36O5/c1-3-4-9-13-21(2,26)14-12-17-16(18(22)15-19(17)23)10-7-5-6-8-11-20(24)25/h5,7,12,14,16-19,22-23,26H,3-4,6,8-11,13,15H2,1-2H3,(H,24,25)/t16-,17+,18-,19+,21-/m0/s1. The van der Waals surface area contributed by atoms with Crippen molar-refractivity contribution in [2.24, 2.45) is 11.8 Å². The number of carboxylic acids is 1. The van der Waals surface area contributed by atoms with Crippen LogP contribution in [0.2, 0.25) is 0 Å². The van der Waals surface area contributed by atoms with Gasteiger partial charge in [0.25, 0.3) is 0 Å². The number of aliphatic hydroxyl groups is 3. The lowest BCUT2D eigenvalue weighted by Crippen LogP contribution is -2.24. The van der Waals surface area contributed by atoms with Gasteiger partial charge in [-0.3, -0.25) is 4.79 Å². The molecule has 5 nitrogen and oxygen atoms in total. The molecule has 5 heteroatoms. The van der Waals surface area contributed by atoms with Gasteiger partial charge in [-0.2, -0.15) is 0 Å². The summed E-state index contributed by atoms with van der Waals surface area (Å²) in [6.07, 6.45) is 12.7. The maximum absolute atomic E-state index is 10.5. The summed E-state index contributed by atoms with van der Waals surface area (Å²) < 4.78 is 0. The van der Waals surface area contributed by atoms with E-state index in [9.17, 15) is 20.1 Å². The molecule has 0 unspecified atom stereocenters. The number of allylic oxidation sites excluding steroid dienone is 2. The van der Waals surface area contributed by atoms with Gasteiger partial charge in [-0.1, -0.05) is 50.5 Å². The predicted molar refractivity (Wildman–Crippen MR) is 103 cm³/mol. The zero-order valence-electron chi connectivity index (χ0n) is 16.2. The molecule has 0 aromatic heterocycles. The minimum absolute atomic E-state index is 0.0802. The van der Waals surface area contributed by atoms with Gasteiger partial charge < -0.3 is 20.4 Å². The van der Waals surface area contributed by atoms with E-state index in [2.05, 4.69) is 6.92 Å². The van der Waals surface area contributed by atoms with E-state index in [0.717, 1.165) is 19.3 Å². The van der Waals surface area contributed by atoms with E-state index in [1.807, 2.05) is 18.2 Å². The van der Waals surface area contributed by atoms with Crippen molar-refractivity contribution in [2.45, 2.75) is 89.4 Å². The van der Waals surface area contributed by atoms with Crippen LogP contribution in [0.15, 0.2) is 24.3 Å². The first-order chi connectivity index (χ1) is 12.3. The van der Waals surface area contributed by atoms with Gasteiger partial charge in [0.05, 0.1) is 17.8 Å². The molecule has 26 heavy (non-hydrogen) atoms. The molecule has 1 rings (SSSR count). The lowest BCUT2D eigenvalue weighted by molar-refractivity contribution is -0.137. The minimum atomic E-state index is -0.889. The minimum Gasteiger partial charge on any atom is -0.481 e. The molecule has 0 bridgehead atoms. The summed E-state index contributed by atoms with van der Waals surface area (Å²) in [6, 6.07) is 0. The van der Waals surface area contributed by atoms with Gasteiger partial charge in [-0.05, 0) is 38.5 Å². The number of aliphatic carboxylic acids is 1. The fraction of sp³-hybridized carbons (Fsp3) is 0.762. The van der Waals surface area contributed by atoms with E-state index < -0.39 is 23.8 Å². The van der Waals surface area contributed by atoms with Crippen LogP contribution in [0.1, 0.15) is 71.6 Å². The van der Waals surface area contributed by atoms with Crippen LogP contribution in [0, 0.1) is 11.8 Å². The van der Waals surface area contributed by atoms with Crippen LogP contribution in [0.4, 0.5) is 0 Å². The molecular formula is C21H36O5.